The molecule has 0 unspecified atom stereocenters. The summed E-state index contributed by atoms with van der Waals surface area (Å²) in [7, 11) is 0. The Morgan fingerprint density at radius 3 is 2.10 bits per heavy atom. The van der Waals surface area contributed by atoms with E-state index in [4.69, 9.17) is 11.5 Å². The number of nitrogens with one attached hydrogen (secondary N) is 4. The monoisotopic (exact) mass is 566 g/mol. The minimum absolute atomic E-state index is 0.00824. The lowest BCUT2D eigenvalue weighted by atomic mass is 9.99. The first kappa shape index (κ1) is 31.1. The van der Waals surface area contributed by atoms with E-state index in [-0.39, 0.29) is 30.9 Å². The third kappa shape index (κ3) is 8.78. The lowest BCUT2D eigenvalue weighted by Crippen LogP contribution is -2.58. The van der Waals surface area contributed by atoms with Crippen LogP contribution in [0, 0.1) is 5.92 Å². The van der Waals surface area contributed by atoms with Crippen molar-refractivity contribution in [3.05, 3.63) is 65.9 Å². The summed E-state index contributed by atoms with van der Waals surface area (Å²) in [5.41, 5.74) is 13.7. The van der Waals surface area contributed by atoms with Crippen LogP contribution in [0.25, 0.3) is 10.9 Å². The minimum Gasteiger partial charge on any atom is -0.508 e. The zero-order valence-corrected chi connectivity index (χ0v) is 23.1. The van der Waals surface area contributed by atoms with Gasteiger partial charge in [-0.05, 0) is 48.1 Å². The maximum absolute atomic E-state index is 13.5. The van der Waals surface area contributed by atoms with Crippen molar-refractivity contribution in [3.8, 4) is 5.75 Å². The number of H-pyrrole nitrogens is 1. The van der Waals surface area contributed by atoms with Crippen LogP contribution in [0.4, 0.5) is 0 Å². The highest BCUT2D eigenvalue weighted by atomic mass is 16.3. The number of aliphatic hydroxyl groups is 1. The smallest absolute Gasteiger partial charge is 0.243 e. The van der Waals surface area contributed by atoms with Gasteiger partial charge in [-0.25, -0.2) is 0 Å². The average molecular weight is 567 g/mol. The van der Waals surface area contributed by atoms with Gasteiger partial charge in [0.2, 0.25) is 23.6 Å². The van der Waals surface area contributed by atoms with Crippen LogP contribution in [0.2, 0.25) is 0 Å². The lowest BCUT2D eigenvalue weighted by molar-refractivity contribution is -0.134. The van der Waals surface area contributed by atoms with E-state index in [1.54, 1.807) is 18.3 Å². The summed E-state index contributed by atoms with van der Waals surface area (Å²) in [6.45, 7) is 3.06. The topological polar surface area (TPSA) is 213 Å². The van der Waals surface area contributed by atoms with Crippen LogP contribution in [-0.4, -0.2) is 69.6 Å². The number of carbonyl (C=O) groups excluding carboxylic acids is 4. The number of aromatic amines is 1. The van der Waals surface area contributed by atoms with Crippen LogP contribution in [0.1, 0.15) is 31.4 Å². The molecule has 3 aromatic rings. The van der Waals surface area contributed by atoms with E-state index < -0.39 is 54.4 Å². The number of hydrogen-bond donors (Lipinski definition) is 8. The summed E-state index contributed by atoms with van der Waals surface area (Å²) in [6.07, 6.45) is 2.24. The van der Waals surface area contributed by atoms with Crippen LogP contribution in [0.5, 0.6) is 5.75 Å². The molecule has 12 nitrogen and oxygen atoms in total. The predicted molar refractivity (Wildman–Crippen MR) is 153 cm³/mol. The number of hydrogen-bond acceptors (Lipinski definition) is 7. The molecule has 220 valence electrons. The molecule has 0 radical (unpaired) electrons. The summed E-state index contributed by atoms with van der Waals surface area (Å²) >= 11 is 0. The first-order chi connectivity index (χ1) is 19.5. The Morgan fingerprint density at radius 1 is 0.854 bits per heavy atom. The molecule has 10 N–H and O–H groups in total. The summed E-state index contributed by atoms with van der Waals surface area (Å²) in [4.78, 5) is 54.5. The summed E-state index contributed by atoms with van der Waals surface area (Å²) in [5.74, 6) is -2.71. The Kier molecular flexibility index (Phi) is 10.8. The van der Waals surface area contributed by atoms with Crippen molar-refractivity contribution in [2.24, 2.45) is 17.4 Å². The second-order valence-corrected chi connectivity index (χ2v) is 10.4. The molecule has 0 aliphatic rings. The Hall–Kier alpha value is -4.42. The van der Waals surface area contributed by atoms with Crippen molar-refractivity contribution < 1.29 is 29.4 Å². The lowest BCUT2D eigenvalue weighted by Gasteiger charge is -2.26. The van der Waals surface area contributed by atoms with E-state index >= 15 is 0 Å². The fourth-order valence-electron chi connectivity index (χ4n) is 4.44. The number of primary amides is 1. The number of nitrogens with two attached hydrogens (primary N) is 2. The first-order valence-electron chi connectivity index (χ1n) is 13.4. The van der Waals surface area contributed by atoms with Crippen molar-refractivity contribution in [3.63, 3.8) is 0 Å². The van der Waals surface area contributed by atoms with E-state index in [9.17, 15) is 29.4 Å². The van der Waals surface area contributed by atoms with Crippen LogP contribution in [-0.2, 0) is 32.0 Å². The molecule has 1 heterocycles. The fraction of sp³-hybridized carbons (Fsp3) is 0.379. The van der Waals surface area contributed by atoms with Gasteiger partial charge in [-0.1, -0.05) is 44.2 Å². The van der Waals surface area contributed by atoms with Gasteiger partial charge in [0, 0.05) is 23.5 Å². The molecular weight excluding hydrogens is 528 g/mol. The number of phenols is 1. The molecule has 0 saturated heterocycles. The molecule has 4 amide bonds. The van der Waals surface area contributed by atoms with Crippen molar-refractivity contribution in [2.45, 2.75) is 57.3 Å². The Morgan fingerprint density at radius 2 is 1.46 bits per heavy atom. The molecule has 3 rings (SSSR count). The van der Waals surface area contributed by atoms with E-state index in [1.807, 2.05) is 38.1 Å². The molecule has 2 aromatic carbocycles. The van der Waals surface area contributed by atoms with Crippen molar-refractivity contribution in [1.29, 1.82) is 0 Å². The largest absolute Gasteiger partial charge is 0.508 e. The molecule has 0 aliphatic carbocycles. The van der Waals surface area contributed by atoms with Crippen LogP contribution in [0.3, 0.4) is 0 Å². The molecule has 0 spiro atoms. The number of phenolic OH excluding ortho intramolecular Hbond substituents is 1. The third-order valence-corrected chi connectivity index (χ3v) is 6.64. The number of amides is 4. The van der Waals surface area contributed by atoms with Crippen molar-refractivity contribution in [1.82, 2.24) is 20.9 Å². The second kappa shape index (κ2) is 14.3. The van der Waals surface area contributed by atoms with Gasteiger partial charge in [0.05, 0.1) is 12.6 Å². The number of carbonyl (C=O) groups is 4. The number of fused-ring (bicyclic) bond motifs is 1. The average Bonchev–Trinajstić information content (AvgIpc) is 3.34. The standard InChI is InChI=1S/C29H38N6O6/c1-16(2)11-23(33-27(39)21(30)12-17-7-9-19(37)10-8-17)28(40)34-24(29(41)35-25(15-36)26(31)38)13-18-14-32-22-6-4-3-5-20(18)22/h3-10,14,16,21,23-25,32,36-37H,11-13,15,30H2,1-2H3,(H2,31,38)(H,33,39)(H,34,40)(H,35,41)/t21-,23-,24-,25-/m0/s1. The van der Waals surface area contributed by atoms with Crippen molar-refractivity contribution in [2.75, 3.05) is 6.61 Å². The highest BCUT2D eigenvalue weighted by Crippen LogP contribution is 2.19. The molecule has 1 aromatic heterocycles. The second-order valence-electron chi connectivity index (χ2n) is 10.4. The SMILES string of the molecule is CC(C)C[C@H](NC(=O)[C@@H](N)Cc1ccc(O)cc1)C(=O)N[C@@H](Cc1c[nH]c2ccccc12)C(=O)N[C@@H](CO)C(N)=O. The molecule has 0 aliphatic heterocycles. The minimum atomic E-state index is -1.34. The number of para-hydroxylation sites is 1. The van der Waals surface area contributed by atoms with Gasteiger partial charge in [0.15, 0.2) is 0 Å². The fourth-order valence-corrected chi connectivity index (χ4v) is 4.44. The highest BCUT2D eigenvalue weighted by Gasteiger charge is 2.31. The zero-order chi connectivity index (χ0) is 30.1. The van der Waals surface area contributed by atoms with Crippen molar-refractivity contribution >= 4 is 34.5 Å². The molecule has 0 bridgehead atoms. The van der Waals surface area contributed by atoms with Crippen LogP contribution >= 0.6 is 0 Å². The van der Waals surface area contributed by atoms with Crippen LogP contribution < -0.4 is 27.4 Å². The van der Waals surface area contributed by atoms with Crippen LogP contribution in [0.15, 0.2) is 54.7 Å². The number of aromatic hydroxyl groups is 1. The molecule has 0 saturated carbocycles. The van der Waals surface area contributed by atoms with Gasteiger partial charge in [-0.2, -0.15) is 0 Å². The highest BCUT2D eigenvalue weighted by molar-refractivity contribution is 5.95. The van der Waals surface area contributed by atoms with E-state index in [0.29, 0.717) is 0 Å². The number of aliphatic hydroxyl groups excluding tert-OH is 1. The summed E-state index contributed by atoms with van der Waals surface area (Å²) < 4.78 is 0. The van der Waals surface area contributed by atoms with E-state index in [1.165, 1.54) is 12.1 Å². The number of aromatic nitrogens is 1. The Labute approximate surface area is 237 Å². The number of rotatable bonds is 14. The molecule has 0 fully saturated rings. The summed E-state index contributed by atoms with van der Waals surface area (Å²) in [6, 6.07) is 9.27. The maximum Gasteiger partial charge on any atom is 0.243 e. The Balaban J connectivity index is 1.79. The van der Waals surface area contributed by atoms with E-state index in [2.05, 4.69) is 20.9 Å². The first-order valence-corrected chi connectivity index (χ1v) is 13.4. The maximum atomic E-state index is 13.5. The zero-order valence-electron chi connectivity index (χ0n) is 23.1. The molecule has 4 atom stereocenters. The van der Waals surface area contributed by atoms with Gasteiger partial charge in [-0.15, -0.1) is 0 Å². The van der Waals surface area contributed by atoms with Gasteiger partial charge < -0.3 is 42.6 Å². The van der Waals surface area contributed by atoms with E-state index in [0.717, 1.165) is 22.0 Å². The van der Waals surface area contributed by atoms with Gasteiger partial charge >= 0.3 is 0 Å². The van der Waals surface area contributed by atoms with Gasteiger partial charge in [-0.3, -0.25) is 19.2 Å². The normalized spacial score (nSPS) is 14.2. The Bertz CT molecular complexity index is 1360. The summed E-state index contributed by atoms with van der Waals surface area (Å²) in [5, 5.41) is 27.6. The molecule has 12 heteroatoms. The number of benzene rings is 2. The predicted octanol–water partition coefficient (Wildman–Crippen LogP) is -0.0359. The van der Waals surface area contributed by atoms with Gasteiger partial charge in [0.1, 0.15) is 23.9 Å². The third-order valence-electron chi connectivity index (χ3n) is 6.64. The quantitative estimate of drug-likeness (QED) is 0.133. The van der Waals surface area contributed by atoms with Gasteiger partial charge in [0.25, 0.3) is 0 Å². The molecular formula is C29H38N6O6. The molecule has 41 heavy (non-hydrogen) atoms.